The number of rotatable bonds is 6. The molecule has 152 valence electrons. The van der Waals surface area contributed by atoms with Crippen LogP contribution in [0.25, 0.3) is 10.4 Å². The van der Waals surface area contributed by atoms with E-state index < -0.39 is 37.2 Å². The van der Waals surface area contributed by atoms with E-state index in [-0.39, 0.29) is 12.2 Å². The molecule has 29 heavy (non-hydrogen) atoms. The van der Waals surface area contributed by atoms with Crippen LogP contribution in [0.1, 0.15) is 18.2 Å². The number of aromatic nitrogens is 2. The summed E-state index contributed by atoms with van der Waals surface area (Å²) in [6.07, 6.45) is 1.07. The average Bonchev–Trinajstić information content (AvgIpc) is 3.06. The van der Waals surface area contributed by atoms with Crippen molar-refractivity contribution in [3.8, 4) is 5.75 Å². The van der Waals surface area contributed by atoms with Crippen LogP contribution in [0.15, 0.2) is 63.1 Å². The first-order valence-electron chi connectivity index (χ1n) is 8.57. The molecular weight excluding hydrogens is 401 g/mol. The van der Waals surface area contributed by atoms with E-state index in [0.717, 1.165) is 5.82 Å². The maximum atomic E-state index is 12.3. The molecule has 1 aliphatic heterocycles. The van der Waals surface area contributed by atoms with Gasteiger partial charge in [-0.1, -0.05) is 23.3 Å². The van der Waals surface area contributed by atoms with Gasteiger partial charge in [0.2, 0.25) is 0 Å². The Bertz CT molecular complexity index is 1120. The zero-order valence-corrected chi connectivity index (χ0v) is 16.2. The number of H-pyrrole nitrogens is 1. The van der Waals surface area contributed by atoms with Crippen molar-refractivity contribution < 1.29 is 18.7 Å². The van der Waals surface area contributed by atoms with Crippen molar-refractivity contribution >= 4 is 7.60 Å². The molecule has 1 saturated heterocycles. The summed E-state index contributed by atoms with van der Waals surface area (Å²) in [6, 6.07) is 7.40. The highest BCUT2D eigenvalue weighted by Crippen LogP contribution is 2.45. The van der Waals surface area contributed by atoms with Gasteiger partial charge in [0.25, 0.3) is 5.56 Å². The number of hydrogen-bond donors (Lipinski definition) is 2. The number of nitrogens with one attached hydrogen (secondary N) is 1. The maximum absolute atomic E-state index is 12.3. The molecule has 11 nitrogen and oxygen atoms in total. The summed E-state index contributed by atoms with van der Waals surface area (Å²) in [5.74, 6) is 1.17. The Morgan fingerprint density at radius 1 is 1.41 bits per heavy atom. The average molecular weight is 419 g/mol. The molecule has 4 unspecified atom stereocenters. The van der Waals surface area contributed by atoms with Crippen molar-refractivity contribution in [2.24, 2.45) is 5.11 Å². The van der Waals surface area contributed by atoms with Crippen LogP contribution < -0.4 is 15.8 Å². The molecule has 1 aromatic heterocycles. The third-order valence-corrected chi connectivity index (χ3v) is 5.26. The summed E-state index contributed by atoms with van der Waals surface area (Å²) < 4.78 is 24.3. The van der Waals surface area contributed by atoms with Crippen LogP contribution in [0.3, 0.4) is 0 Å². The number of para-hydroxylation sites is 1. The molecule has 4 atom stereocenters. The fourth-order valence-electron chi connectivity index (χ4n) is 2.86. The smallest absolute Gasteiger partial charge is 0.400 e. The summed E-state index contributed by atoms with van der Waals surface area (Å²) in [5.41, 5.74) is 7.92. The number of benzene rings is 1. The number of aromatic amines is 1. The molecule has 0 saturated carbocycles. The van der Waals surface area contributed by atoms with Gasteiger partial charge in [-0.2, -0.15) is 0 Å². The van der Waals surface area contributed by atoms with E-state index in [2.05, 4.69) is 15.0 Å². The van der Waals surface area contributed by atoms with Gasteiger partial charge in [0.1, 0.15) is 12.0 Å². The van der Waals surface area contributed by atoms with Crippen molar-refractivity contribution in [2.45, 2.75) is 31.7 Å². The normalized spacial score (nSPS) is 23.4. The van der Waals surface area contributed by atoms with Gasteiger partial charge in [-0.15, -0.1) is 0 Å². The van der Waals surface area contributed by atoms with E-state index in [1.807, 2.05) is 0 Å². The minimum absolute atomic E-state index is 0.139. The second-order valence-electron chi connectivity index (χ2n) is 6.35. The van der Waals surface area contributed by atoms with Gasteiger partial charge in [-0.3, -0.25) is 14.3 Å². The topological polar surface area (TPSA) is 159 Å². The van der Waals surface area contributed by atoms with Crippen LogP contribution >= 0.6 is 7.60 Å². The van der Waals surface area contributed by atoms with Crippen molar-refractivity contribution in [2.75, 3.05) is 0 Å². The van der Waals surface area contributed by atoms with Crippen molar-refractivity contribution in [1.82, 2.24) is 9.55 Å². The Morgan fingerprint density at radius 2 is 2.14 bits per heavy atom. The lowest BCUT2D eigenvalue weighted by Crippen LogP contribution is -2.33. The molecule has 1 aromatic carbocycles. The predicted molar refractivity (Wildman–Crippen MR) is 104 cm³/mol. The summed E-state index contributed by atoms with van der Waals surface area (Å²) in [5, 5.41) is 3.64. The summed E-state index contributed by atoms with van der Waals surface area (Å²) >= 11 is 0. The van der Waals surface area contributed by atoms with E-state index >= 15 is 0 Å². The van der Waals surface area contributed by atoms with Crippen molar-refractivity contribution in [3.63, 3.8) is 0 Å². The first-order chi connectivity index (χ1) is 13.8. The van der Waals surface area contributed by atoms with E-state index in [0.29, 0.717) is 5.56 Å². The fraction of sp³-hybridized carbons (Fsp3) is 0.294. The Labute approximate surface area is 164 Å². The highest BCUT2D eigenvalue weighted by molar-refractivity contribution is 7.56. The monoisotopic (exact) mass is 419 g/mol. The molecule has 0 spiro atoms. The molecule has 2 N–H and O–H groups in total. The van der Waals surface area contributed by atoms with E-state index in [1.54, 1.807) is 18.2 Å². The van der Waals surface area contributed by atoms with E-state index in [4.69, 9.17) is 14.8 Å². The lowest BCUT2D eigenvalue weighted by Gasteiger charge is -2.15. The molecule has 0 amide bonds. The lowest BCUT2D eigenvalue weighted by atomic mass is 10.1. The lowest BCUT2D eigenvalue weighted by molar-refractivity contribution is 0.0187. The zero-order chi connectivity index (χ0) is 21.0. The van der Waals surface area contributed by atoms with Gasteiger partial charge in [0.05, 0.1) is 12.1 Å². The second kappa shape index (κ2) is 8.50. The van der Waals surface area contributed by atoms with Crippen LogP contribution in [-0.4, -0.2) is 26.6 Å². The molecule has 12 heteroatoms. The van der Waals surface area contributed by atoms with Crippen LogP contribution in [0.5, 0.6) is 5.75 Å². The fourth-order valence-corrected chi connectivity index (χ4v) is 3.73. The number of hydrogen-bond acceptors (Lipinski definition) is 6. The second-order valence-corrected chi connectivity index (χ2v) is 7.96. The number of nitrogens with zero attached hydrogens (tertiary/aromatic N) is 4. The van der Waals surface area contributed by atoms with Crippen molar-refractivity contribution in [3.05, 3.63) is 85.3 Å². The first kappa shape index (κ1) is 20.6. The van der Waals surface area contributed by atoms with E-state index in [9.17, 15) is 19.0 Å². The quantitative estimate of drug-likeness (QED) is 0.317. The minimum Gasteiger partial charge on any atom is -0.422 e. The standard InChI is InChI=1S/C17H18N5O6P/c1-11-10-22(17(24)19-16(11)23)15-9-13(20-21-18)14(27-15)7-8-29(25,26)28-12-5-3-2-4-6-12/h2-8,10,13-15H,9H2,1H3,(H,25,26)(H,19,23,24). The number of azide groups is 1. The van der Waals surface area contributed by atoms with Gasteiger partial charge in [-0.25, -0.2) is 9.36 Å². The first-order valence-corrected chi connectivity index (χ1v) is 10.2. The Balaban J connectivity index is 1.81. The highest BCUT2D eigenvalue weighted by atomic mass is 31.2. The molecule has 0 bridgehead atoms. The third-order valence-electron chi connectivity index (χ3n) is 4.24. The zero-order valence-electron chi connectivity index (χ0n) is 15.3. The van der Waals surface area contributed by atoms with Crippen molar-refractivity contribution in [1.29, 1.82) is 0 Å². The largest absolute Gasteiger partial charge is 0.422 e. The number of ether oxygens (including phenoxy) is 1. The van der Waals surface area contributed by atoms with Crippen LogP contribution in [-0.2, 0) is 9.30 Å². The molecular formula is C17H18N5O6P. The number of aryl methyl sites for hydroxylation is 1. The molecule has 2 heterocycles. The van der Waals surface area contributed by atoms with Gasteiger partial charge in [0, 0.05) is 28.9 Å². The van der Waals surface area contributed by atoms with Crippen LogP contribution in [0.4, 0.5) is 0 Å². The summed E-state index contributed by atoms with van der Waals surface area (Å²) in [4.78, 5) is 38.6. The predicted octanol–water partition coefficient (Wildman–Crippen LogP) is 2.59. The summed E-state index contributed by atoms with van der Waals surface area (Å²) in [7, 11) is -4.14. The summed E-state index contributed by atoms with van der Waals surface area (Å²) in [6.45, 7) is 1.54. The molecule has 3 rings (SSSR count). The van der Waals surface area contributed by atoms with E-state index in [1.165, 1.54) is 35.9 Å². The van der Waals surface area contributed by atoms with Gasteiger partial charge < -0.3 is 14.2 Å². The minimum atomic E-state index is -4.14. The SMILES string of the molecule is Cc1cn(C2CC(N=[N+]=[N-])C(C=CP(=O)(O)Oc3ccccc3)O2)c(=O)[nH]c1=O. The molecule has 0 aliphatic carbocycles. The molecule has 1 fully saturated rings. The van der Waals surface area contributed by atoms with Crippen LogP contribution in [0, 0.1) is 6.92 Å². The Kier molecular flexibility index (Phi) is 6.05. The van der Waals surface area contributed by atoms with Gasteiger partial charge >= 0.3 is 13.3 Å². The molecule has 1 aliphatic rings. The Morgan fingerprint density at radius 3 is 2.83 bits per heavy atom. The third kappa shape index (κ3) is 5.04. The maximum Gasteiger partial charge on any atom is 0.400 e. The molecule has 0 radical (unpaired) electrons. The van der Waals surface area contributed by atoms with Gasteiger partial charge in [-0.05, 0) is 30.7 Å². The Hall–Kier alpha value is -3.10. The molecule has 2 aromatic rings. The van der Waals surface area contributed by atoms with Gasteiger partial charge in [0.15, 0.2) is 0 Å². The highest BCUT2D eigenvalue weighted by Gasteiger charge is 2.35. The van der Waals surface area contributed by atoms with Crippen LogP contribution in [0.2, 0.25) is 0 Å².